The Bertz CT molecular complexity index is 675. The third kappa shape index (κ3) is 4.20. The van der Waals surface area contributed by atoms with E-state index < -0.39 is 0 Å². The van der Waals surface area contributed by atoms with E-state index in [1.807, 2.05) is 18.2 Å². The van der Waals surface area contributed by atoms with Crippen LogP contribution in [0, 0.1) is 11.3 Å². The van der Waals surface area contributed by atoms with Crippen molar-refractivity contribution in [3.63, 3.8) is 0 Å². The highest BCUT2D eigenvalue weighted by Gasteiger charge is 2.16. The second-order valence-electron chi connectivity index (χ2n) is 4.79. The minimum absolute atomic E-state index is 0.194. The smallest absolute Gasteiger partial charge is 0.143 e. The lowest BCUT2D eigenvalue weighted by Gasteiger charge is -2.17. The van der Waals surface area contributed by atoms with Gasteiger partial charge in [-0.3, -0.25) is 0 Å². The Labute approximate surface area is 142 Å². The molecule has 0 saturated heterocycles. The van der Waals surface area contributed by atoms with Gasteiger partial charge in [0, 0.05) is 20.7 Å². The molecule has 0 aliphatic carbocycles. The molecule has 108 valence electrons. The molecule has 0 spiro atoms. The topological polar surface area (TPSA) is 36.7 Å². The molecule has 2 rings (SSSR count). The minimum Gasteiger partial charge on any atom is -0.244 e. The molecule has 21 heavy (non-hydrogen) atoms. The van der Waals surface area contributed by atoms with Crippen molar-refractivity contribution in [2.75, 3.05) is 0 Å². The average Bonchev–Trinajstić information content (AvgIpc) is 2.43. The number of nitrogens with zero attached hydrogens (tertiary/aromatic N) is 2. The quantitative estimate of drug-likeness (QED) is 0.672. The first-order chi connectivity index (χ1) is 10.0. The van der Waals surface area contributed by atoms with Crippen molar-refractivity contribution in [1.29, 1.82) is 5.26 Å². The second-order valence-corrected chi connectivity index (χ2v) is 6.58. The zero-order chi connectivity index (χ0) is 15.4. The van der Waals surface area contributed by atoms with Gasteiger partial charge in [-0.1, -0.05) is 30.1 Å². The summed E-state index contributed by atoms with van der Waals surface area (Å²) in [5.74, 6) is 0.194. The Balaban J connectivity index is 2.36. The molecule has 1 unspecified atom stereocenters. The van der Waals surface area contributed by atoms with E-state index in [-0.39, 0.29) is 5.92 Å². The molecule has 1 atom stereocenters. The molecule has 0 bridgehead atoms. The molecule has 0 radical (unpaired) electrons. The highest BCUT2D eigenvalue weighted by atomic mass is 79.9. The number of aromatic nitrogens is 1. The van der Waals surface area contributed by atoms with Gasteiger partial charge < -0.3 is 0 Å². The monoisotopic (exact) mass is 382 g/mol. The molecule has 2 nitrogen and oxygen atoms in total. The highest BCUT2D eigenvalue weighted by Crippen LogP contribution is 2.30. The van der Waals surface area contributed by atoms with Crippen molar-refractivity contribution < 1.29 is 0 Å². The molecule has 0 N–H and O–H groups in total. The summed E-state index contributed by atoms with van der Waals surface area (Å²) in [6.07, 6.45) is 3.31. The van der Waals surface area contributed by atoms with Crippen molar-refractivity contribution in [2.24, 2.45) is 0 Å². The van der Waals surface area contributed by atoms with Gasteiger partial charge in [0.15, 0.2) is 0 Å². The van der Waals surface area contributed by atoms with Gasteiger partial charge >= 0.3 is 0 Å². The number of nitriles is 1. The first kappa shape index (κ1) is 16.3. The van der Waals surface area contributed by atoms with E-state index in [1.165, 1.54) is 0 Å². The number of benzene rings is 1. The molecule has 0 aliphatic rings. The summed E-state index contributed by atoms with van der Waals surface area (Å²) in [5, 5.41) is 10.5. The maximum atomic E-state index is 9.24. The summed E-state index contributed by atoms with van der Waals surface area (Å²) >= 11 is 15.5. The number of pyridine rings is 1. The zero-order valence-electron chi connectivity index (χ0n) is 11.4. The van der Waals surface area contributed by atoms with Gasteiger partial charge in [0.25, 0.3) is 0 Å². The molecule has 1 aromatic carbocycles. The summed E-state index contributed by atoms with van der Waals surface area (Å²) in [6.45, 7) is 2.10. The fraction of sp³-hybridized carbons (Fsp3) is 0.250. The maximum Gasteiger partial charge on any atom is 0.143 e. The van der Waals surface area contributed by atoms with Crippen LogP contribution in [0.5, 0.6) is 0 Å². The van der Waals surface area contributed by atoms with Crippen molar-refractivity contribution in [1.82, 2.24) is 4.98 Å². The van der Waals surface area contributed by atoms with Crippen LogP contribution in [0.3, 0.4) is 0 Å². The number of hydrogen-bond donors (Lipinski definition) is 0. The van der Waals surface area contributed by atoms with E-state index >= 15 is 0 Å². The minimum atomic E-state index is 0.194. The Kier molecular flexibility index (Phi) is 5.64. The first-order valence-electron chi connectivity index (χ1n) is 6.54. The highest BCUT2D eigenvalue weighted by molar-refractivity contribution is 9.10. The van der Waals surface area contributed by atoms with E-state index in [9.17, 15) is 5.26 Å². The molecular weight excluding hydrogens is 371 g/mol. The molecule has 0 saturated carbocycles. The predicted molar refractivity (Wildman–Crippen MR) is 89.9 cm³/mol. The second kappa shape index (κ2) is 7.26. The predicted octanol–water partition coefficient (Wildman–Crippen LogP) is 5.76. The lowest BCUT2D eigenvalue weighted by Crippen LogP contribution is -2.06. The van der Waals surface area contributed by atoms with Crippen LogP contribution in [0.2, 0.25) is 10.0 Å². The fourth-order valence-electron chi connectivity index (χ4n) is 2.35. The maximum absolute atomic E-state index is 9.24. The molecule has 1 aromatic heterocycles. The lowest BCUT2D eigenvalue weighted by atomic mass is 9.89. The van der Waals surface area contributed by atoms with Crippen LogP contribution < -0.4 is 0 Å². The Morgan fingerprint density at radius 3 is 2.48 bits per heavy atom. The average molecular weight is 384 g/mol. The molecule has 5 heteroatoms. The van der Waals surface area contributed by atoms with E-state index in [1.54, 1.807) is 12.3 Å². The normalized spacial score (nSPS) is 12.0. The fourth-order valence-corrected chi connectivity index (χ4v) is 3.27. The van der Waals surface area contributed by atoms with Crippen LogP contribution >= 0.6 is 39.1 Å². The van der Waals surface area contributed by atoms with E-state index in [0.717, 1.165) is 28.4 Å². The summed E-state index contributed by atoms with van der Waals surface area (Å²) in [4.78, 5) is 4.18. The molecule has 2 aromatic rings. The molecule has 0 aliphatic heterocycles. The molecule has 0 fully saturated rings. The van der Waals surface area contributed by atoms with Crippen LogP contribution in [0.25, 0.3) is 0 Å². The van der Waals surface area contributed by atoms with Crippen LogP contribution in [-0.4, -0.2) is 4.98 Å². The SMILES string of the molecule is CCC(Cc1cc(Cl)cc(Cl)c1)c1cc(Br)cnc1C#N. The van der Waals surface area contributed by atoms with Crippen molar-refractivity contribution in [3.8, 4) is 6.07 Å². The Morgan fingerprint density at radius 1 is 1.24 bits per heavy atom. The third-order valence-corrected chi connectivity index (χ3v) is 4.20. The number of halogens is 3. The zero-order valence-corrected chi connectivity index (χ0v) is 14.5. The summed E-state index contributed by atoms with van der Waals surface area (Å²) in [6, 6.07) is 9.66. The first-order valence-corrected chi connectivity index (χ1v) is 8.09. The Hall–Kier alpha value is -1.08. The van der Waals surface area contributed by atoms with Gasteiger partial charge in [0.2, 0.25) is 0 Å². The summed E-state index contributed by atoms with van der Waals surface area (Å²) in [5.41, 5.74) is 2.48. The van der Waals surface area contributed by atoms with Crippen LogP contribution in [0.4, 0.5) is 0 Å². The molecular formula is C16H13BrCl2N2. The van der Waals surface area contributed by atoms with Gasteiger partial charge in [0.05, 0.1) is 0 Å². The number of hydrogen-bond acceptors (Lipinski definition) is 2. The van der Waals surface area contributed by atoms with Gasteiger partial charge in [-0.05, 0) is 70.1 Å². The van der Waals surface area contributed by atoms with Crippen molar-refractivity contribution in [2.45, 2.75) is 25.7 Å². The molecule has 1 heterocycles. The number of rotatable bonds is 4. The summed E-state index contributed by atoms with van der Waals surface area (Å²) < 4.78 is 0.874. The van der Waals surface area contributed by atoms with Gasteiger partial charge in [-0.25, -0.2) is 4.98 Å². The van der Waals surface area contributed by atoms with Crippen LogP contribution in [-0.2, 0) is 6.42 Å². The van der Waals surface area contributed by atoms with Crippen LogP contribution in [0.1, 0.15) is 36.1 Å². The van der Waals surface area contributed by atoms with E-state index in [2.05, 4.69) is 33.9 Å². The van der Waals surface area contributed by atoms with Crippen molar-refractivity contribution in [3.05, 3.63) is 61.8 Å². The van der Waals surface area contributed by atoms with E-state index in [0.29, 0.717) is 15.7 Å². The Morgan fingerprint density at radius 2 is 1.90 bits per heavy atom. The van der Waals surface area contributed by atoms with E-state index in [4.69, 9.17) is 23.2 Å². The molecule has 0 amide bonds. The standard InChI is InChI=1S/C16H13BrCl2N2/c1-2-11(3-10-4-13(18)7-14(19)5-10)15-6-12(17)9-21-16(15)8-20/h4-7,9,11H,2-3H2,1H3. The lowest BCUT2D eigenvalue weighted by molar-refractivity contribution is 0.655. The van der Waals surface area contributed by atoms with Gasteiger partial charge in [0.1, 0.15) is 11.8 Å². The largest absolute Gasteiger partial charge is 0.244 e. The van der Waals surface area contributed by atoms with Crippen LogP contribution in [0.15, 0.2) is 34.9 Å². The van der Waals surface area contributed by atoms with Gasteiger partial charge in [-0.2, -0.15) is 5.26 Å². The third-order valence-electron chi connectivity index (χ3n) is 3.33. The van der Waals surface area contributed by atoms with Crippen molar-refractivity contribution >= 4 is 39.1 Å². The van der Waals surface area contributed by atoms with Gasteiger partial charge in [-0.15, -0.1) is 0 Å². The summed E-state index contributed by atoms with van der Waals surface area (Å²) in [7, 11) is 0.